The number of allylic oxidation sites excluding steroid dienone is 10. The maximum Gasteiger partial charge on any atom is 0.306 e. The quantitative estimate of drug-likeness (QED) is 0.0261. The molecule has 0 aromatic carbocycles. The topological polar surface area (TPSA) is 78.9 Å². The highest BCUT2D eigenvalue weighted by molar-refractivity contribution is 5.71. The molecule has 0 saturated carbocycles. The minimum absolute atomic E-state index is 0.0745. The van der Waals surface area contributed by atoms with Crippen LogP contribution in [-0.4, -0.2) is 37.2 Å². The number of ether oxygens (including phenoxy) is 3. The molecule has 0 amide bonds. The molecule has 0 radical (unpaired) electrons. The predicted octanol–water partition coefficient (Wildman–Crippen LogP) is 25.1. The molecule has 0 spiro atoms. The SMILES string of the molecule is CCC/C=C\CCCCCCCC(=O)OCC(COC(=O)CCCCCCCCCCCCCCCCCCCCCCCCC/C=C\C/C=C\CCCCCCC)OC(=O)CCCCCCCCCCC/C=C\C/C=C\CCCCC. The summed E-state index contributed by atoms with van der Waals surface area (Å²) >= 11 is 0. The summed E-state index contributed by atoms with van der Waals surface area (Å²) in [5, 5.41) is 0. The molecular weight excluding hydrogens is 1010 g/mol. The average Bonchev–Trinajstić information content (AvgIpc) is 3.47. The van der Waals surface area contributed by atoms with Crippen LogP contribution in [0.25, 0.3) is 0 Å². The van der Waals surface area contributed by atoms with Gasteiger partial charge in [0.15, 0.2) is 6.10 Å². The number of carbonyl (C=O) groups is 3. The second-order valence-electron chi connectivity index (χ2n) is 24.5. The van der Waals surface area contributed by atoms with Crippen molar-refractivity contribution in [3.05, 3.63) is 60.8 Å². The van der Waals surface area contributed by atoms with Crippen LogP contribution in [0.1, 0.15) is 387 Å². The summed E-state index contributed by atoms with van der Waals surface area (Å²) in [6.45, 7) is 6.58. The zero-order valence-corrected chi connectivity index (χ0v) is 55.0. The Morgan fingerprint density at radius 3 is 0.756 bits per heavy atom. The van der Waals surface area contributed by atoms with Crippen LogP contribution in [-0.2, 0) is 28.6 Å². The number of hydrogen-bond acceptors (Lipinski definition) is 6. The smallest absolute Gasteiger partial charge is 0.306 e. The number of carbonyl (C=O) groups excluding carboxylic acids is 3. The van der Waals surface area contributed by atoms with Gasteiger partial charge in [-0.05, 0) is 103 Å². The molecule has 6 nitrogen and oxygen atoms in total. The molecule has 0 aliphatic heterocycles. The molecule has 82 heavy (non-hydrogen) atoms. The first-order chi connectivity index (χ1) is 40.5. The van der Waals surface area contributed by atoms with Crippen LogP contribution in [0.4, 0.5) is 0 Å². The number of rotatable bonds is 67. The molecule has 0 rings (SSSR count). The highest BCUT2D eigenvalue weighted by Crippen LogP contribution is 2.18. The van der Waals surface area contributed by atoms with Crippen LogP contribution in [0.5, 0.6) is 0 Å². The maximum absolute atomic E-state index is 12.9. The first-order valence-electron chi connectivity index (χ1n) is 36.3. The molecule has 0 heterocycles. The lowest BCUT2D eigenvalue weighted by Crippen LogP contribution is -2.30. The minimum atomic E-state index is -0.778. The zero-order valence-electron chi connectivity index (χ0n) is 55.0. The van der Waals surface area contributed by atoms with E-state index in [4.69, 9.17) is 14.2 Å². The van der Waals surface area contributed by atoms with Gasteiger partial charge in [-0.25, -0.2) is 0 Å². The first kappa shape index (κ1) is 79.1. The van der Waals surface area contributed by atoms with Crippen LogP contribution in [0.3, 0.4) is 0 Å². The van der Waals surface area contributed by atoms with E-state index in [-0.39, 0.29) is 31.1 Å². The molecule has 478 valence electrons. The Bertz CT molecular complexity index is 1460. The molecule has 0 N–H and O–H groups in total. The van der Waals surface area contributed by atoms with Crippen LogP contribution in [0.2, 0.25) is 0 Å². The molecule has 0 aliphatic rings. The normalized spacial score (nSPS) is 12.4. The third kappa shape index (κ3) is 67.9. The molecule has 0 saturated heterocycles. The summed E-state index contributed by atoms with van der Waals surface area (Å²) in [5.74, 6) is -0.869. The van der Waals surface area contributed by atoms with Gasteiger partial charge < -0.3 is 14.2 Å². The fourth-order valence-electron chi connectivity index (χ4n) is 10.7. The summed E-state index contributed by atoms with van der Waals surface area (Å²) in [5.41, 5.74) is 0. The lowest BCUT2D eigenvalue weighted by Gasteiger charge is -2.18. The van der Waals surface area contributed by atoms with E-state index in [1.807, 2.05) is 0 Å². The summed E-state index contributed by atoms with van der Waals surface area (Å²) in [6.07, 6.45) is 91.4. The highest BCUT2D eigenvalue weighted by atomic mass is 16.6. The van der Waals surface area contributed by atoms with E-state index in [2.05, 4.69) is 81.5 Å². The Morgan fingerprint density at radius 1 is 0.244 bits per heavy atom. The van der Waals surface area contributed by atoms with Crippen molar-refractivity contribution in [3.8, 4) is 0 Å². The molecular formula is C76H138O6. The third-order valence-electron chi connectivity index (χ3n) is 16.2. The Hall–Kier alpha value is -2.89. The van der Waals surface area contributed by atoms with Gasteiger partial charge in [0.1, 0.15) is 13.2 Å². The average molecular weight is 1150 g/mol. The largest absolute Gasteiger partial charge is 0.462 e. The van der Waals surface area contributed by atoms with E-state index >= 15 is 0 Å². The Labute approximate surface area is 510 Å². The van der Waals surface area contributed by atoms with Gasteiger partial charge in [-0.2, -0.15) is 0 Å². The van der Waals surface area contributed by atoms with Crippen LogP contribution >= 0.6 is 0 Å². The Morgan fingerprint density at radius 2 is 0.463 bits per heavy atom. The summed E-state index contributed by atoms with van der Waals surface area (Å²) < 4.78 is 16.9. The van der Waals surface area contributed by atoms with Crippen molar-refractivity contribution in [2.24, 2.45) is 0 Å². The summed E-state index contributed by atoms with van der Waals surface area (Å²) in [7, 11) is 0. The van der Waals surface area contributed by atoms with Crippen molar-refractivity contribution < 1.29 is 28.6 Å². The second-order valence-corrected chi connectivity index (χ2v) is 24.5. The minimum Gasteiger partial charge on any atom is -0.462 e. The van der Waals surface area contributed by atoms with Crippen molar-refractivity contribution in [1.82, 2.24) is 0 Å². The van der Waals surface area contributed by atoms with Gasteiger partial charge in [-0.3, -0.25) is 14.4 Å². The van der Waals surface area contributed by atoms with Gasteiger partial charge in [-0.15, -0.1) is 0 Å². The molecule has 0 aromatic rings. The molecule has 1 atom stereocenters. The van der Waals surface area contributed by atoms with Crippen molar-refractivity contribution in [1.29, 1.82) is 0 Å². The van der Waals surface area contributed by atoms with Gasteiger partial charge in [-0.1, -0.05) is 326 Å². The van der Waals surface area contributed by atoms with Crippen LogP contribution in [0, 0.1) is 0 Å². The van der Waals surface area contributed by atoms with E-state index in [1.54, 1.807) is 0 Å². The van der Waals surface area contributed by atoms with Crippen molar-refractivity contribution >= 4 is 17.9 Å². The molecule has 0 aliphatic carbocycles. The highest BCUT2D eigenvalue weighted by Gasteiger charge is 2.19. The Balaban J connectivity index is 4.04. The van der Waals surface area contributed by atoms with Gasteiger partial charge in [0.2, 0.25) is 0 Å². The third-order valence-corrected chi connectivity index (χ3v) is 16.2. The molecule has 0 fully saturated rings. The monoisotopic (exact) mass is 1150 g/mol. The van der Waals surface area contributed by atoms with Crippen LogP contribution < -0.4 is 0 Å². The van der Waals surface area contributed by atoms with E-state index in [1.165, 1.54) is 263 Å². The van der Waals surface area contributed by atoms with Crippen molar-refractivity contribution in [2.75, 3.05) is 13.2 Å². The van der Waals surface area contributed by atoms with E-state index in [0.29, 0.717) is 19.3 Å². The molecule has 6 heteroatoms. The number of esters is 3. The lowest BCUT2D eigenvalue weighted by atomic mass is 10.0. The standard InChI is InChI=1S/C76H138O6/c1-4-7-10-13-16-19-22-24-26-28-30-31-32-33-34-35-36-37-38-39-40-41-42-43-44-45-47-48-50-52-54-57-60-63-66-69-75(78)81-72-73(71-80-74(77)68-65-62-59-56-21-18-15-12-9-6-3)82-76(79)70-67-64-61-58-55-53-51-49-46-29-27-25-23-20-17-14-11-8-5-2/h12,15,17,20,22,24-25,27-28,30,73H,4-11,13-14,16,18-19,21,23,26,29,31-72H2,1-3H3/b15-12-,20-17-,24-22-,27-25-,30-28-. The van der Waals surface area contributed by atoms with E-state index in [0.717, 1.165) is 83.5 Å². The number of unbranched alkanes of at least 4 members (excludes halogenated alkanes) is 46. The van der Waals surface area contributed by atoms with Crippen LogP contribution in [0.15, 0.2) is 60.8 Å². The first-order valence-corrected chi connectivity index (χ1v) is 36.3. The molecule has 0 aromatic heterocycles. The lowest BCUT2D eigenvalue weighted by molar-refractivity contribution is -0.167. The van der Waals surface area contributed by atoms with Gasteiger partial charge in [0, 0.05) is 19.3 Å². The van der Waals surface area contributed by atoms with Gasteiger partial charge in [0.05, 0.1) is 0 Å². The van der Waals surface area contributed by atoms with E-state index < -0.39 is 6.10 Å². The van der Waals surface area contributed by atoms with Crippen molar-refractivity contribution in [3.63, 3.8) is 0 Å². The number of hydrogen-bond donors (Lipinski definition) is 0. The second kappa shape index (κ2) is 70.6. The molecule has 1 unspecified atom stereocenters. The van der Waals surface area contributed by atoms with Crippen molar-refractivity contribution in [2.45, 2.75) is 393 Å². The summed E-state index contributed by atoms with van der Waals surface area (Å²) in [6, 6.07) is 0. The van der Waals surface area contributed by atoms with E-state index in [9.17, 15) is 14.4 Å². The fourth-order valence-corrected chi connectivity index (χ4v) is 10.7. The molecule has 0 bridgehead atoms. The van der Waals surface area contributed by atoms with Gasteiger partial charge >= 0.3 is 17.9 Å². The zero-order chi connectivity index (χ0) is 59.2. The fraction of sp³-hybridized carbons (Fsp3) is 0.829. The predicted molar refractivity (Wildman–Crippen MR) is 358 cm³/mol. The Kier molecular flexibility index (Phi) is 68.1. The maximum atomic E-state index is 12.9. The van der Waals surface area contributed by atoms with Gasteiger partial charge in [0.25, 0.3) is 0 Å². The summed E-state index contributed by atoms with van der Waals surface area (Å²) in [4.78, 5) is 38.3.